The van der Waals surface area contributed by atoms with Gasteiger partial charge in [0.2, 0.25) is 5.91 Å². The number of aryl methyl sites for hydroxylation is 1. The normalized spacial score (nSPS) is 15.4. The summed E-state index contributed by atoms with van der Waals surface area (Å²) in [5, 5.41) is 20.0. The molecule has 1 aromatic heterocycles. The first-order valence-electron chi connectivity index (χ1n) is 8.99. The van der Waals surface area contributed by atoms with Crippen LogP contribution in [0.5, 0.6) is 17.2 Å². The molecule has 7 nitrogen and oxygen atoms in total. The van der Waals surface area contributed by atoms with E-state index in [1.807, 2.05) is 31.2 Å². The highest BCUT2D eigenvalue weighted by atomic mass is 16.5. The lowest BCUT2D eigenvalue weighted by Gasteiger charge is -2.25. The molecule has 0 radical (unpaired) electrons. The van der Waals surface area contributed by atoms with Gasteiger partial charge in [0.05, 0.1) is 24.4 Å². The van der Waals surface area contributed by atoms with Crippen molar-refractivity contribution in [1.29, 1.82) is 0 Å². The maximum absolute atomic E-state index is 12.7. The fourth-order valence-corrected chi connectivity index (χ4v) is 3.36. The van der Waals surface area contributed by atoms with E-state index in [2.05, 4.69) is 15.5 Å². The first kappa shape index (κ1) is 17.9. The Morgan fingerprint density at radius 1 is 1.32 bits per heavy atom. The highest BCUT2D eigenvalue weighted by Gasteiger charge is 2.27. The molecule has 3 aromatic rings. The standard InChI is InChI=1S/C21H21N3O4/c1-12-17(10-22-24-12)13-3-5-18(19(25)9-13)23-21(26)15-7-14-8-16(27-2)4-6-20(14)28-11-15/h3-6,8-10,15,25H,7,11H2,1-2H3,(H,22,24)(H,23,26). The Labute approximate surface area is 162 Å². The summed E-state index contributed by atoms with van der Waals surface area (Å²) in [6, 6.07) is 10.7. The van der Waals surface area contributed by atoms with E-state index in [1.165, 1.54) is 0 Å². The van der Waals surface area contributed by atoms with Crippen molar-refractivity contribution in [2.24, 2.45) is 5.92 Å². The van der Waals surface area contributed by atoms with E-state index in [0.717, 1.165) is 33.9 Å². The number of benzene rings is 2. The van der Waals surface area contributed by atoms with Crippen molar-refractivity contribution >= 4 is 11.6 Å². The minimum absolute atomic E-state index is 0.00486. The number of nitrogens with one attached hydrogen (secondary N) is 2. The summed E-state index contributed by atoms with van der Waals surface area (Å²) in [5.41, 5.74) is 3.86. The molecule has 2 heterocycles. The van der Waals surface area contributed by atoms with Crippen LogP contribution in [0.25, 0.3) is 11.1 Å². The van der Waals surface area contributed by atoms with Crippen molar-refractivity contribution in [3.63, 3.8) is 0 Å². The third-order valence-corrected chi connectivity index (χ3v) is 4.94. The van der Waals surface area contributed by atoms with Crippen molar-refractivity contribution in [2.45, 2.75) is 13.3 Å². The van der Waals surface area contributed by atoms with E-state index in [4.69, 9.17) is 9.47 Å². The van der Waals surface area contributed by atoms with E-state index < -0.39 is 0 Å². The van der Waals surface area contributed by atoms with Crippen LogP contribution in [-0.4, -0.2) is 34.9 Å². The molecular formula is C21H21N3O4. The quantitative estimate of drug-likeness (QED) is 0.605. The number of amides is 1. The van der Waals surface area contributed by atoms with Crippen molar-refractivity contribution in [2.75, 3.05) is 19.0 Å². The molecule has 1 amide bonds. The molecular weight excluding hydrogens is 358 g/mol. The number of aromatic amines is 1. The van der Waals surface area contributed by atoms with Gasteiger partial charge < -0.3 is 19.9 Å². The molecule has 2 aromatic carbocycles. The molecule has 4 rings (SSSR count). The van der Waals surface area contributed by atoms with Gasteiger partial charge in [-0.2, -0.15) is 5.10 Å². The summed E-state index contributed by atoms with van der Waals surface area (Å²) in [6.45, 7) is 2.17. The molecule has 0 saturated carbocycles. The number of phenols is 1. The Kier molecular flexibility index (Phi) is 4.65. The Bertz CT molecular complexity index is 1030. The third kappa shape index (κ3) is 3.38. The molecule has 3 N–H and O–H groups in total. The molecule has 28 heavy (non-hydrogen) atoms. The minimum atomic E-state index is -0.352. The van der Waals surface area contributed by atoms with Crippen LogP contribution in [0.1, 0.15) is 11.3 Å². The van der Waals surface area contributed by atoms with Crippen molar-refractivity contribution in [3.8, 4) is 28.4 Å². The van der Waals surface area contributed by atoms with Crippen molar-refractivity contribution in [1.82, 2.24) is 10.2 Å². The summed E-state index contributed by atoms with van der Waals surface area (Å²) in [7, 11) is 1.60. The second kappa shape index (κ2) is 7.26. The van der Waals surface area contributed by atoms with E-state index in [-0.39, 0.29) is 24.2 Å². The molecule has 0 aliphatic carbocycles. The van der Waals surface area contributed by atoms with Crippen LogP contribution < -0.4 is 14.8 Å². The lowest BCUT2D eigenvalue weighted by atomic mass is 9.95. The van der Waals surface area contributed by atoms with Crippen LogP contribution in [0, 0.1) is 12.8 Å². The van der Waals surface area contributed by atoms with E-state index >= 15 is 0 Å². The van der Waals surface area contributed by atoms with Gasteiger partial charge in [0.15, 0.2) is 0 Å². The van der Waals surface area contributed by atoms with E-state index in [1.54, 1.807) is 25.4 Å². The zero-order valence-corrected chi connectivity index (χ0v) is 15.7. The molecule has 1 aliphatic heterocycles. The van der Waals surface area contributed by atoms with Crippen molar-refractivity contribution in [3.05, 3.63) is 53.9 Å². The number of anilines is 1. The molecule has 0 fully saturated rings. The van der Waals surface area contributed by atoms with Gasteiger partial charge in [0.1, 0.15) is 23.9 Å². The third-order valence-electron chi connectivity index (χ3n) is 4.94. The molecule has 1 atom stereocenters. The first-order valence-corrected chi connectivity index (χ1v) is 8.99. The van der Waals surface area contributed by atoms with E-state index in [9.17, 15) is 9.90 Å². The topological polar surface area (TPSA) is 96.5 Å². The zero-order chi connectivity index (χ0) is 19.7. The summed E-state index contributed by atoms with van der Waals surface area (Å²) in [4.78, 5) is 12.7. The fraction of sp³-hybridized carbons (Fsp3) is 0.238. The van der Waals surface area contributed by atoms with Crippen LogP contribution >= 0.6 is 0 Å². The van der Waals surface area contributed by atoms with Crippen LogP contribution in [-0.2, 0) is 11.2 Å². The summed E-state index contributed by atoms with van der Waals surface area (Å²) < 4.78 is 11.0. The lowest BCUT2D eigenvalue weighted by Crippen LogP contribution is -2.32. The van der Waals surface area contributed by atoms with Crippen LogP contribution in [0.2, 0.25) is 0 Å². The van der Waals surface area contributed by atoms with E-state index in [0.29, 0.717) is 12.1 Å². The van der Waals surface area contributed by atoms with Crippen LogP contribution in [0.4, 0.5) is 5.69 Å². The number of H-pyrrole nitrogens is 1. The number of fused-ring (bicyclic) bond motifs is 1. The number of hydrogen-bond acceptors (Lipinski definition) is 5. The highest BCUT2D eigenvalue weighted by Crippen LogP contribution is 2.33. The van der Waals surface area contributed by atoms with Gasteiger partial charge in [-0.3, -0.25) is 9.89 Å². The van der Waals surface area contributed by atoms with Crippen LogP contribution in [0.15, 0.2) is 42.6 Å². The minimum Gasteiger partial charge on any atom is -0.506 e. The second-order valence-corrected chi connectivity index (χ2v) is 6.79. The monoisotopic (exact) mass is 379 g/mol. The summed E-state index contributed by atoms with van der Waals surface area (Å²) in [5.74, 6) is 0.953. The van der Waals surface area contributed by atoms with Gasteiger partial charge in [0.25, 0.3) is 0 Å². The number of nitrogens with zero attached hydrogens (tertiary/aromatic N) is 1. The molecule has 0 bridgehead atoms. The fourth-order valence-electron chi connectivity index (χ4n) is 3.36. The van der Waals surface area contributed by atoms with Gasteiger partial charge >= 0.3 is 0 Å². The number of hydrogen-bond donors (Lipinski definition) is 3. The number of phenolic OH excluding ortho intramolecular Hbond substituents is 1. The van der Waals surface area contributed by atoms with Gasteiger partial charge in [0, 0.05) is 11.8 Å². The Balaban J connectivity index is 1.48. The average Bonchev–Trinajstić information content (AvgIpc) is 3.14. The largest absolute Gasteiger partial charge is 0.506 e. The second-order valence-electron chi connectivity index (χ2n) is 6.79. The molecule has 7 heteroatoms. The highest BCUT2D eigenvalue weighted by molar-refractivity contribution is 5.94. The molecule has 0 saturated heterocycles. The van der Waals surface area contributed by atoms with Gasteiger partial charge in [-0.05, 0) is 54.8 Å². The summed E-state index contributed by atoms with van der Waals surface area (Å²) in [6.07, 6.45) is 2.32. The molecule has 1 aliphatic rings. The lowest BCUT2D eigenvalue weighted by molar-refractivity contribution is -0.121. The predicted molar refractivity (Wildman–Crippen MR) is 105 cm³/mol. The molecule has 1 unspecified atom stereocenters. The maximum atomic E-state index is 12.7. The Morgan fingerprint density at radius 2 is 2.18 bits per heavy atom. The zero-order valence-electron chi connectivity index (χ0n) is 15.7. The number of aromatic hydroxyl groups is 1. The van der Waals surface area contributed by atoms with Crippen LogP contribution in [0.3, 0.4) is 0 Å². The van der Waals surface area contributed by atoms with Crippen molar-refractivity contribution < 1.29 is 19.4 Å². The predicted octanol–water partition coefficient (Wildman–Crippen LogP) is 3.29. The first-order chi connectivity index (χ1) is 13.5. The Hall–Kier alpha value is -3.48. The number of carbonyl (C=O) groups excluding carboxylic acids is 1. The average molecular weight is 379 g/mol. The number of ether oxygens (including phenoxy) is 2. The number of methoxy groups -OCH3 is 1. The molecule has 144 valence electrons. The van der Waals surface area contributed by atoms with Gasteiger partial charge in [-0.25, -0.2) is 0 Å². The SMILES string of the molecule is COc1ccc2c(c1)CC(C(=O)Nc1ccc(-c3c[nH]nc3C)cc1O)CO2. The smallest absolute Gasteiger partial charge is 0.231 e. The van der Waals surface area contributed by atoms with Gasteiger partial charge in [-0.1, -0.05) is 6.07 Å². The Morgan fingerprint density at radius 3 is 2.89 bits per heavy atom. The number of carbonyl (C=O) groups is 1. The van der Waals surface area contributed by atoms with Gasteiger partial charge in [-0.15, -0.1) is 0 Å². The number of rotatable bonds is 4. The summed E-state index contributed by atoms with van der Waals surface area (Å²) >= 11 is 0. The molecule has 0 spiro atoms. The number of aromatic nitrogens is 2. The maximum Gasteiger partial charge on any atom is 0.231 e.